The lowest BCUT2D eigenvalue weighted by Crippen LogP contribution is -2.28. The lowest BCUT2D eigenvalue weighted by molar-refractivity contribution is -0.0500. The van der Waals surface area contributed by atoms with E-state index in [0.29, 0.717) is 11.1 Å². The van der Waals surface area contributed by atoms with Gasteiger partial charge in [0, 0.05) is 34.2 Å². The molecule has 3 aromatic rings. The molecular weight excluding hydrogens is 387 g/mol. The van der Waals surface area contributed by atoms with E-state index >= 15 is 0 Å². The summed E-state index contributed by atoms with van der Waals surface area (Å²) < 4.78 is 66.4. The van der Waals surface area contributed by atoms with Crippen LogP contribution in [-0.4, -0.2) is 18.5 Å². The summed E-state index contributed by atoms with van der Waals surface area (Å²) in [4.78, 5) is 1.13. The molecule has 9 heteroatoms. The number of thioether (sulfide) groups is 1. The first-order valence-electron chi connectivity index (χ1n) is 7.53. The molecule has 1 aromatic heterocycles. The smallest absolute Gasteiger partial charge is 0.376 e. The van der Waals surface area contributed by atoms with Gasteiger partial charge in [0.05, 0.1) is 5.69 Å². The molecule has 0 unspecified atom stereocenters. The number of hydrogen-bond acceptors (Lipinski definition) is 4. The molecule has 2 heterocycles. The van der Waals surface area contributed by atoms with Gasteiger partial charge in [-0.2, -0.15) is 21.6 Å². The maximum atomic E-state index is 12.6. The van der Waals surface area contributed by atoms with E-state index in [1.165, 1.54) is 12.1 Å². The number of benzene rings is 2. The molecule has 4 rings (SSSR count). The molecule has 26 heavy (non-hydrogen) atoms. The van der Waals surface area contributed by atoms with Gasteiger partial charge in [0.1, 0.15) is 5.75 Å². The summed E-state index contributed by atoms with van der Waals surface area (Å²) in [6.07, 6.45) is 0. The number of hydrogen-bond donors (Lipinski definition) is 0. The fourth-order valence-corrected chi connectivity index (χ4v) is 4.69. The van der Waals surface area contributed by atoms with Crippen LogP contribution in [0.1, 0.15) is 5.56 Å². The van der Waals surface area contributed by atoms with E-state index in [4.69, 9.17) is 0 Å². The van der Waals surface area contributed by atoms with Crippen molar-refractivity contribution in [1.82, 2.24) is 4.57 Å². The van der Waals surface area contributed by atoms with E-state index in [2.05, 4.69) is 4.18 Å². The fraction of sp³-hybridized carbons (Fsp3) is 0.176. The topological polar surface area (TPSA) is 48.3 Å². The summed E-state index contributed by atoms with van der Waals surface area (Å²) in [5.74, 6) is 0.284. The third-order valence-corrected chi connectivity index (χ3v) is 6.36. The van der Waals surface area contributed by atoms with Gasteiger partial charge in [0.2, 0.25) is 0 Å². The number of rotatable bonds is 2. The van der Waals surface area contributed by atoms with Crippen molar-refractivity contribution in [2.75, 3.05) is 0 Å². The van der Waals surface area contributed by atoms with Crippen LogP contribution in [0.5, 0.6) is 5.75 Å². The van der Waals surface area contributed by atoms with E-state index in [9.17, 15) is 21.6 Å². The Hall–Kier alpha value is -2.13. The molecule has 0 spiro atoms. The Kier molecular flexibility index (Phi) is 3.78. The number of aryl methyl sites for hydroxylation is 1. The van der Waals surface area contributed by atoms with Crippen molar-refractivity contribution in [1.29, 1.82) is 0 Å². The largest absolute Gasteiger partial charge is 0.534 e. The summed E-state index contributed by atoms with van der Waals surface area (Å²) in [6.45, 7) is 0. The molecule has 0 saturated heterocycles. The molecule has 1 aliphatic rings. The maximum absolute atomic E-state index is 12.6. The van der Waals surface area contributed by atoms with Crippen LogP contribution in [0, 0.1) is 0 Å². The van der Waals surface area contributed by atoms with Crippen molar-refractivity contribution < 1.29 is 25.8 Å². The van der Waals surface area contributed by atoms with Crippen LogP contribution >= 0.6 is 11.8 Å². The average molecular weight is 399 g/mol. The quantitative estimate of drug-likeness (QED) is 0.464. The fourth-order valence-electron chi connectivity index (χ4n) is 3.15. The molecule has 0 bridgehead atoms. The first-order chi connectivity index (χ1) is 12.2. The zero-order valence-electron chi connectivity index (χ0n) is 13.4. The molecule has 136 valence electrons. The number of halogens is 3. The van der Waals surface area contributed by atoms with Crippen LogP contribution < -0.4 is 4.18 Å². The average Bonchev–Trinajstić information content (AvgIpc) is 2.86. The standard InChI is InChI=1S/C17H12F3NO3S2/c1-21-14-7-6-10(24-26(22,23)17(18,19)20)8-12(14)13-9-25-15-5-3-2-4-11(15)16(13)21/h2-8H,9H2,1H3. The molecule has 0 saturated carbocycles. The van der Waals surface area contributed by atoms with Crippen LogP contribution in [0.4, 0.5) is 13.2 Å². The summed E-state index contributed by atoms with van der Waals surface area (Å²) >= 11 is 1.63. The summed E-state index contributed by atoms with van der Waals surface area (Å²) in [6, 6.07) is 12.0. The molecule has 1 aliphatic heterocycles. The van der Waals surface area contributed by atoms with E-state index in [1.807, 2.05) is 35.9 Å². The molecule has 0 radical (unpaired) electrons. The highest BCUT2D eigenvalue weighted by atomic mass is 32.2. The van der Waals surface area contributed by atoms with Crippen molar-refractivity contribution in [3.63, 3.8) is 0 Å². The molecule has 0 atom stereocenters. The predicted octanol–water partition coefficient (Wildman–Crippen LogP) is 4.68. The molecule has 2 aromatic carbocycles. The minimum Gasteiger partial charge on any atom is -0.376 e. The summed E-state index contributed by atoms with van der Waals surface area (Å²) in [5, 5.41) is 0.680. The maximum Gasteiger partial charge on any atom is 0.534 e. The lowest BCUT2D eigenvalue weighted by Gasteiger charge is -2.17. The van der Waals surface area contributed by atoms with Gasteiger partial charge in [-0.3, -0.25) is 0 Å². The van der Waals surface area contributed by atoms with E-state index in [-0.39, 0.29) is 5.75 Å². The molecule has 0 amide bonds. The number of aromatic nitrogens is 1. The zero-order valence-corrected chi connectivity index (χ0v) is 15.0. The SMILES string of the molecule is Cn1c2c(c3cc(OS(=O)(=O)C(F)(F)F)ccc31)CSc1ccccc1-2. The second-order valence-electron chi connectivity index (χ2n) is 5.83. The van der Waals surface area contributed by atoms with Gasteiger partial charge in [0.25, 0.3) is 0 Å². The highest BCUT2D eigenvalue weighted by molar-refractivity contribution is 7.98. The zero-order chi connectivity index (χ0) is 18.7. The van der Waals surface area contributed by atoms with Crippen molar-refractivity contribution in [2.45, 2.75) is 16.2 Å². The van der Waals surface area contributed by atoms with Gasteiger partial charge in [-0.1, -0.05) is 18.2 Å². The minimum absolute atomic E-state index is 0.355. The number of fused-ring (bicyclic) bond motifs is 5. The van der Waals surface area contributed by atoms with E-state index < -0.39 is 15.6 Å². The highest BCUT2D eigenvalue weighted by Gasteiger charge is 2.48. The van der Waals surface area contributed by atoms with E-state index in [0.717, 1.165) is 27.2 Å². The van der Waals surface area contributed by atoms with Crippen LogP contribution in [-0.2, 0) is 22.9 Å². The van der Waals surface area contributed by atoms with Crippen LogP contribution in [0.15, 0.2) is 47.4 Å². The summed E-state index contributed by atoms with van der Waals surface area (Å²) in [7, 11) is -3.82. The van der Waals surface area contributed by atoms with Crippen molar-refractivity contribution in [2.24, 2.45) is 7.05 Å². The van der Waals surface area contributed by atoms with Gasteiger partial charge in [-0.05, 0) is 29.8 Å². The van der Waals surface area contributed by atoms with Gasteiger partial charge in [-0.25, -0.2) is 0 Å². The lowest BCUT2D eigenvalue weighted by atomic mass is 10.1. The minimum atomic E-state index is -5.69. The van der Waals surface area contributed by atoms with Crippen molar-refractivity contribution in [3.8, 4) is 17.0 Å². The van der Waals surface area contributed by atoms with Gasteiger partial charge in [0.15, 0.2) is 0 Å². The Bertz CT molecular complexity index is 1130. The highest BCUT2D eigenvalue weighted by Crippen LogP contribution is 2.46. The molecule has 0 fully saturated rings. The van der Waals surface area contributed by atoms with Gasteiger partial charge < -0.3 is 8.75 Å². The molecule has 0 aliphatic carbocycles. The first-order valence-corrected chi connectivity index (χ1v) is 9.93. The molecular formula is C17H12F3NO3S2. The van der Waals surface area contributed by atoms with Crippen LogP contribution in [0.3, 0.4) is 0 Å². The predicted molar refractivity (Wildman–Crippen MR) is 93.5 cm³/mol. The number of alkyl halides is 3. The Morgan fingerprint density at radius 1 is 1.15 bits per heavy atom. The molecule has 4 nitrogen and oxygen atoms in total. The Morgan fingerprint density at radius 3 is 2.62 bits per heavy atom. The monoisotopic (exact) mass is 399 g/mol. The third-order valence-electron chi connectivity index (χ3n) is 4.28. The Balaban J connectivity index is 1.87. The third kappa shape index (κ3) is 2.57. The Morgan fingerprint density at radius 2 is 1.88 bits per heavy atom. The second kappa shape index (κ2) is 5.68. The van der Waals surface area contributed by atoms with Crippen LogP contribution in [0.2, 0.25) is 0 Å². The van der Waals surface area contributed by atoms with E-state index in [1.54, 1.807) is 17.8 Å². The van der Waals surface area contributed by atoms with Crippen molar-refractivity contribution in [3.05, 3.63) is 48.0 Å². The normalized spacial score (nSPS) is 14.2. The summed E-state index contributed by atoms with van der Waals surface area (Å²) in [5.41, 5.74) is -1.70. The van der Waals surface area contributed by atoms with Gasteiger partial charge in [-0.15, -0.1) is 11.8 Å². The van der Waals surface area contributed by atoms with Crippen molar-refractivity contribution >= 4 is 32.8 Å². The van der Waals surface area contributed by atoms with Gasteiger partial charge >= 0.3 is 15.6 Å². The Labute approximate surface area is 151 Å². The molecule has 0 N–H and O–H groups in total. The van der Waals surface area contributed by atoms with Crippen LogP contribution in [0.25, 0.3) is 22.2 Å². The second-order valence-corrected chi connectivity index (χ2v) is 8.39. The number of nitrogens with zero attached hydrogens (tertiary/aromatic N) is 1. The first kappa shape index (κ1) is 17.3.